The highest BCUT2D eigenvalue weighted by molar-refractivity contribution is 7.89. The van der Waals surface area contributed by atoms with Gasteiger partial charge in [-0.05, 0) is 54.8 Å². The van der Waals surface area contributed by atoms with Crippen LogP contribution in [-0.4, -0.2) is 44.4 Å². The second kappa shape index (κ2) is 8.97. The van der Waals surface area contributed by atoms with Crippen molar-refractivity contribution >= 4 is 15.9 Å². The molecule has 1 aliphatic rings. The number of sulfonamides is 1. The Hall–Kier alpha value is -2.38. The zero-order chi connectivity index (χ0) is 21.0. The van der Waals surface area contributed by atoms with E-state index in [4.69, 9.17) is 4.74 Å². The first-order valence-corrected chi connectivity index (χ1v) is 11.4. The van der Waals surface area contributed by atoms with E-state index >= 15 is 0 Å². The molecule has 0 aliphatic carbocycles. The van der Waals surface area contributed by atoms with Crippen LogP contribution in [0.4, 0.5) is 0 Å². The smallest absolute Gasteiger partial charge is 0.251 e. The Morgan fingerprint density at radius 1 is 1.14 bits per heavy atom. The van der Waals surface area contributed by atoms with Crippen molar-refractivity contribution in [3.05, 3.63) is 59.2 Å². The van der Waals surface area contributed by atoms with Crippen LogP contribution < -0.4 is 10.1 Å². The minimum Gasteiger partial charge on any atom is -0.493 e. The van der Waals surface area contributed by atoms with Crippen LogP contribution in [-0.2, 0) is 22.9 Å². The van der Waals surface area contributed by atoms with Gasteiger partial charge in [0.15, 0.2) is 0 Å². The van der Waals surface area contributed by atoms with Crippen LogP contribution in [0, 0.1) is 0 Å². The second-order valence-corrected chi connectivity index (χ2v) is 9.17. The maximum atomic E-state index is 12.6. The zero-order valence-corrected chi connectivity index (χ0v) is 18.0. The molecule has 1 aliphatic heterocycles. The molecule has 1 unspecified atom stereocenters. The van der Waals surface area contributed by atoms with Crippen LogP contribution in [0.25, 0.3) is 0 Å². The lowest BCUT2D eigenvalue weighted by Crippen LogP contribution is -2.34. The number of nitrogens with one attached hydrogen (secondary N) is 1. The number of carbonyl (C=O) groups excluding carboxylic acids is 1. The van der Waals surface area contributed by atoms with Crippen molar-refractivity contribution in [2.24, 2.45) is 0 Å². The molecule has 1 atom stereocenters. The minimum absolute atomic E-state index is 0.0537. The fourth-order valence-electron chi connectivity index (χ4n) is 3.57. The molecule has 1 amide bonds. The highest BCUT2D eigenvalue weighted by atomic mass is 32.2. The van der Waals surface area contributed by atoms with E-state index in [1.807, 2.05) is 19.1 Å². The first-order chi connectivity index (χ1) is 13.8. The van der Waals surface area contributed by atoms with Crippen molar-refractivity contribution in [2.75, 3.05) is 19.7 Å². The molecular formula is C22H28N2O4S. The zero-order valence-electron chi connectivity index (χ0n) is 17.1. The van der Waals surface area contributed by atoms with Crippen molar-refractivity contribution in [3.63, 3.8) is 0 Å². The number of nitrogens with zero attached hydrogens (tertiary/aromatic N) is 1. The van der Waals surface area contributed by atoms with Gasteiger partial charge >= 0.3 is 0 Å². The third kappa shape index (κ3) is 4.79. The van der Waals surface area contributed by atoms with E-state index < -0.39 is 10.0 Å². The van der Waals surface area contributed by atoms with Gasteiger partial charge in [0, 0.05) is 31.1 Å². The Balaban J connectivity index is 1.63. The molecule has 0 saturated carbocycles. The van der Waals surface area contributed by atoms with E-state index in [0.29, 0.717) is 25.1 Å². The van der Waals surface area contributed by atoms with Crippen LogP contribution in [0.15, 0.2) is 47.4 Å². The lowest BCUT2D eigenvalue weighted by Gasteiger charge is -2.18. The van der Waals surface area contributed by atoms with E-state index in [0.717, 1.165) is 24.3 Å². The van der Waals surface area contributed by atoms with Gasteiger partial charge in [-0.2, -0.15) is 4.31 Å². The molecule has 0 radical (unpaired) electrons. The van der Waals surface area contributed by atoms with Gasteiger partial charge in [0.05, 0.1) is 11.5 Å². The Labute approximate surface area is 172 Å². The normalized spacial score (nSPS) is 14.3. The fraction of sp³-hybridized carbons (Fsp3) is 0.409. The monoisotopic (exact) mass is 416 g/mol. The molecule has 0 bridgehead atoms. The quantitative estimate of drug-likeness (QED) is 0.718. The predicted octanol–water partition coefficient (Wildman–Crippen LogP) is 3.01. The topological polar surface area (TPSA) is 75.7 Å². The van der Waals surface area contributed by atoms with Gasteiger partial charge in [-0.1, -0.05) is 26.0 Å². The van der Waals surface area contributed by atoms with Crippen LogP contribution in [0.3, 0.4) is 0 Å². The molecule has 1 N–H and O–H groups in total. The molecule has 156 valence electrons. The van der Waals surface area contributed by atoms with Crippen molar-refractivity contribution in [2.45, 2.75) is 44.6 Å². The lowest BCUT2D eigenvalue weighted by atomic mass is 10.0. The van der Waals surface area contributed by atoms with Gasteiger partial charge < -0.3 is 10.1 Å². The molecule has 1 heterocycles. The Morgan fingerprint density at radius 2 is 1.83 bits per heavy atom. The molecule has 2 aromatic carbocycles. The van der Waals surface area contributed by atoms with Gasteiger partial charge in [0.2, 0.25) is 10.0 Å². The molecule has 7 heteroatoms. The van der Waals surface area contributed by atoms with Crippen LogP contribution in [0.2, 0.25) is 0 Å². The van der Waals surface area contributed by atoms with Crippen LogP contribution in [0.1, 0.15) is 42.3 Å². The standard InChI is InChI=1S/C22H28N2O4S/c1-4-24(5-2)29(26,27)20-9-7-18(8-10-20)22(25)23-16(3)14-17-6-11-21-19(15-17)12-13-28-21/h6-11,15-16H,4-5,12-14H2,1-3H3,(H,23,25). The minimum atomic E-state index is -3.52. The van der Waals surface area contributed by atoms with E-state index in [2.05, 4.69) is 11.4 Å². The molecule has 2 aromatic rings. The van der Waals surface area contributed by atoms with E-state index in [9.17, 15) is 13.2 Å². The summed E-state index contributed by atoms with van der Waals surface area (Å²) in [6.07, 6.45) is 1.64. The van der Waals surface area contributed by atoms with Gasteiger partial charge in [0.25, 0.3) is 5.91 Å². The third-order valence-electron chi connectivity index (χ3n) is 5.13. The number of hydrogen-bond donors (Lipinski definition) is 1. The summed E-state index contributed by atoms with van der Waals surface area (Å²) in [6.45, 7) is 7.11. The highest BCUT2D eigenvalue weighted by Crippen LogP contribution is 2.26. The van der Waals surface area contributed by atoms with Crippen LogP contribution in [0.5, 0.6) is 5.75 Å². The average Bonchev–Trinajstić information content (AvgIpc) is 3.16. The van der Waals surface area contributed by atoms with Gasteiger partial charge in [-0.3, -0.25) is 4.79 Å². The summed E-state index contributed by atoms with van der Waals surface area (Å²) in [5, 5.41) is 2.99. The summed E-state index contributed by atoms with van der Waals surface area (Å²) >= 11 is 0. The average molecular weight is 417 g/mol. The largest absolute Gasteiger partial charge is 0.493 e. The summed E-state index contributed by atoms with van der Waals surface area (Å²) in [6, 6.07) is 12.2. The first kappa shape index (κ1) is 21.3. The number of ether oxygens (including phenoxy) is 1. The maximum Gasteiger partial charge on any atom is 0.251 e. The van der Waals surface area contributed by atoms with E-state index in [1.165, 1.54) is 22.0 Å². The summed E-state index contributed by atoms with van der Waals surface area (Å²) in [4.78, 5) is 12.7. The van der Waals surface area contributed by atoms with Crippen molar-refractivity contribution in [1.82, 2.24) is 9.62 Å². The van der Waals surface area contributed by atoms with E-state index in [-0.39, 0.29) is 16.8 Å². The number of benzene rings is 2. The Morgan fingerprint density at radius 3 is 2.48 bits per heavy atom. The number of hydrogen-bond acceptors (Lipinski definition) is 4. The number of carbonyl (C=O) groups is 1. The number of rotatable bonds is 8. The fourth-order valence-corrected chi connectivity index (χ4v) is 5.03. The van der Waals surface area contributed by atoms with Gasteiger partial charge in [-0.15, -0.1) is 0 Å². The molecule has 0 fully saturated rings. The SMILES string of the molecule is CCN(CC)S(=O)(=O)c1ccc(C(=O)NC(C)Cc2ccc3c(c2)CCO3)cc1. The maximum absolute atomic E-state index is 12.6. The third-order valence-corrected chi connectivity index (χ3v) is 7.20. The molecule has 29 heavy (non-hydrogen) atoms. The highest BCUT2D eigenvalue weighted by Gasteiger charge is 2.22. The lowest BCUT2D eigenvalue weighted by molar-refractivity contribution is 0.0940. The summed E-state index contributed by atoms with van der Waals surface area (Å²) in [5.74, 6) is 0.735. The van der Waals surface area contributed by atoms with Crippen LogP contribution >= 0.6 is 0 Å². The molecule has 6 nitrogen and oxygen atoms in total. The van der Waals surface area contributed by atoms with Gasteiger partial charge in [0.1, 0.15) is 5.75 Å². The number of fused-ring (bicyclic) bond motifs is 1. The number of amides is 1. The van der Waals surface area contributed by atoms with E-state index in [1.54, 1.807) is 26.0 Å². The first-order valence-electron chi connectivity index (χ1n) is 10.0. The molecule has 0 aromatic heterocycles. The van der Waals surface area contributed by atoms with Crippen molar-refractivity contribution in [3.8, 4) is 5.75 Å². The Kier molecular flexibility index (Phi) is 6.59. The van der Waals surface area contributed by atoms with Gasteiger partial charge in [-0.25, -0.2) is 8.42 Å². The molecule has 0 spiro atoms. The summed E-state index contributed by atoms with van der Waals surface area (Å²) in [7, 11) is -3.52. The van der Waals surface area contributed by atoms with Crippen molar-refractivity contribution < 1.29 is 17.9 Å². The molecular weight excluding hydrogens is 388 g/mol. The molecule has 0 saturated heterocycles. The Bertz CT molecular complexity index is 967. The van der Waals surface area contributed by atoms with Crippen molar-refractivity contribution in [1.29, 1.82) is 0 Å². The second-order valence-electron chi connectivity index (χ2n) is 7.23. The summed E-state index contributed by atoms with van der Waals surface area (Å²) < 4.78 is 32.0. The molecule has 3 rings (SSSR count). The predicted molar refractivity (Wildman–Crippen MR) is 113 cm³/mol. The summed E-state index contributed by atoms with van der Waals surface area (Å²) in [5.41, 5.74) is 2.81.